The fourth-order valence-electron chi connectivity index (χ4n) is 2.35. The molecule has 0 spiro atoms. The lowest BCUT2D eigenvalue weighted by Gasteiger charge is -2.06. The van der Waals surface area contributed by atoms with Crippen LogP contribution in [0.2, 0.25) is 0 Å². The third-order valence-corrected chi connectivity index (χ3v) is 5.51. The number of imidazole rings is 1. The molecule has 2 aromatic heterocycles. The summed E-state index contributed by atoms with van der Waals surface area (Å²) >= 11 is 3.24. The van der Waals surface area contributed by atoms with Crippen molar-refractivity contribution in [2.24, 2.45) is 5.73 Å². The van der Waals surface area contributed by atoms with Gasteiger partial charge >= 0.3 is 5.69 Å². The molecule has 0 aliphatic rings. The molecule has 0 unspecified atom stereocenters. The monoisotopic (exact) mass is 396 g/mol. The molecule has 3 aromatic rings. The van der Waals surface area contributed by atoms with Gasteiger partial charge in [0, 0.05) is 23.8 Å². The number of fused-ring (bicyclic) bond motifs is 1. The molecular weight excluding hydrogens is 384 g/mol. The summed E-state index contributed by atoms with van der Waals surface area (Å²) in [6, 6.07) is 9.33. The van der Waals surface area contributed by atoms with Gasteiger partial charge in [0.1, 0.15) is 5.52 Å². The van der Waals surface area contributed by atoms with Gasteiger partial charge in [-0.2, -0.15) is 3.97 Å². The Morgan fingerprint density at radius 2 is 2.00 bits per heavy atom. The summed E-state index contributed by atoms with van der Waals surface area (Å²) in [5, 5.41) is 0. The fourth-order valence-corrected chi connectivity index (χ4v) is 4.35. The topological polar surface area (TPSA) is 100.0 Å². The molecule has 3 rings (SSSR count). The molecule has 0 saturated carbocycles. The van der Waals surface area contributed by atoms with Crippen molar-refractivity contribution in [2.45, 2.75) is 11.4 Å². The van der Waals surface area contributed by atoms with Crippen molar-refractivity contribution in [1.29, 1.82) is 0 Å². The maximum atomic E-state index is 12.9. The average molecular weight is 397 g/mol. The second kappa shape index (κ2) is 5.91. The highest BCUT2D eigenvalue weighted by atomic mass is 79.9. The lowest BCUT2D eigenvalue weighted by Crippen LogP contribution is -2.31. The van der Waals surface area contributed by atoms with Crippen LogP contribution in [-0.2, 0) is 16.6 Å². The van der Waals surface area contributed by atoms with Gasteiger partial charge < -0.3 is 5.73 Å². The minimum Gasteiger partial charge on any atom is -0.329 e. The summed E-state index contributed by atoms with van der Waals surface area (Å²) in [4.78, 5) is 16.8. The zero-order chi connectivity index (χ0) is 16.6. The lowest BCUT2D eigenvalue weighted by atomic mass is 10.4. The molecule has 0 saturated heterocycles. The van der Waals surface area contributed by atoms with Crippen LogP contribution < -0.4 is 11.4 Å². The van der Waals surface area contributed by atoms with E-state index in [4.69, 9.17) is 5.73 Å². The predicted molar refractivity (Wildman–Crippen MR) is 89.8 cm³/mol. The molecule has 0 aliphatic carbocycles. The Labute approximate surface area is 140 Å². The van der Waals surface area contributed by atoms with Crippen LogP contribution >= 0.6 is 15.9 Å². The van der Waals surface area contributed by atoms with Crippen molar-refractivity contribution >= 4 is 37.1 Å². The first-order valence-corrected chi connectivity index (χ1v) is 8.97. The van der Waals surface area contributed by atoms with E-state index in [9.17, 15) is 13.2 Å². The van der Waals surface area contributed by atoms with Crippen molar-refractivity contribution in [1.82, 2.24) is 13.5 Å². The third-order valence-electron chi connectivity index (χ3n) is 3.33. The number of rotatable bonds is 4. The van der Waals surface area contributed by atoms with Crippen LogP contribution in [0.4, 0.5) is 0 Å². The van der Waals surface area contributed by atoms with Gasteiger partial charge in [0.05, 0.1) is 4.90 Å². The largest absolute Gasteiger partial charge is 0.344 e. The Hall–Kier alpha value is -1.97. The zero-order valence-electron chi connectivity index (χ0n) is 11.9. The Morgan fingerprint density at radius 1 is 1.22 bits per heavy atom. The molecule has 0 radical (unpaired) electrons. The predicted octanol–water partition coefficient (Wildman–Crippen LogP) is 1.16. The Kier molecular flexibility index (Phi) is 4.09. The second-order valence-electron chi connectivity index (χ2n) is 4.80. The highest BCUT2D eigenvalue weighted by molar-refractivity contribution is 9.10. The van der Waals surface area contributed by atoms with Crippen molar-refractivity contribution < 1.29 is 8.42 Å². The van der Waals surface area contributed by atoms with Crippen LogP contribution in [0.1, 0.15) is 0 Å². The first kappa shape index (κ1) is 15.9. The molecule has 0 atom stereocenters. The number of nitrogens with zero attached hydrogens (tertiary/aromatic N) is 3. The molecule has 2 N–H and O–H groups in total. The molecule has 120 valence electrons. The standard InChI is InChI=1S/C14H13BrN4O3S/c15-10-3-1-4-11(9-10)23(21,22)19-12-5-2-7-17-13(12)18(8-6-16)14(19)20/h1-5,7,9H,6,8,16H2. The number of aromatic nitrogens is 3. The van der Waals surface area contributed by atoms with Gasteiger partial charge in [-0.25, -0.2) is 18.2 Å². The van der Waals surface area contributed by atoms with Gasteiger partial charge in [-0.05, 0) is 30.3 Å². The molecule has 7 nitrogen and oxygen atoms in total. The van der Waals surface area contributed by atoms with E-state index in [0.29, 0.717) is 10.1 Å². The number of pyridine rings is 1. The molecule has 2 heterocycles. The maximum Gasteiger partial charge on any atom is 0.344 e. The van der Waals surface area contributed by atoms with Crippen LogP contribution in [0, 0.1) is 0 Å². The first-order chi connectivity index (χ1) is 11.0. The molecular formula is C14H13BrN4O3S. The zero-order valence-corrected chi connectivity index (χ0v) is 14.3. The van der Waals surface area contributed by atoms with Crippen molar-refractivity contribution in [2.75, 3.05) is 6.54 Å². The summed E-state index contributed by atoms with van der Waals surface area (Å²) in [6.45, 7) is 0.389. The third kappa shape index (κ3) is 2.60. The quantitative estimate of drug-likeness (QED) is 0.712. The van der Waals surface area contributed by atoms with Gasteiger partial charge in [-0.3, -0.25) is 4.57 Å². The number of nitrogens with two attached hydrogens (primary N) is 1. The average Bonchev–Trinajstić information content (AvgIpc) is 2.81. The van der Waals surface area contributed by atoms with Crippen molar-refractivity contribution in [3.63, 3.8) is 0 Å². The summed E-state index contributed by atoms with van der Waals surface area (Å²) in [5.41, 5.74) is 5.36. The summed E-state index contributed by atoms with van der Waals surface area (Å²) in [5.74, 6) is 0. The molecule has 23 heavy (non-hydrogen) atoms. The van der Waals surface area contributed by atoms with Gasteiger partial charge in [0.15, 0.2) is 5.65 Å². The number of hydrogen-bond donors (Lipinski definition) is 1. The van der Waals surface area contributed by atoms with Gasteiger partial charge in [0.2, 0.25) is 0 Å². The first-order valence-electron chi connectivity index (χ1n) is 6.74. The van der Waals surface area contributed by atoms with Crippen LogP contribution in [-0.4, -0.2) is 28.5 Å². The number of hydrogen-bond acceptors (Lipinski definition) is 5. The van der Waals surface area contributed by atoms with E-state index in [1.807, 2.05) is 0 Å². The van der Waals surface area contributed by atoms with Crippen LogP contribution in [0.3, 0.4) is 0 Å². The van der Waals surface area contributed by atoms with E-state index in [1.165, 1.54) is 22.9 Å². The highest BCUT2D eigenvalue weighted by Crippen LogP contribution is 2.21. The molecule has 0 fully saturated rings. The summed E-state index contributed by atoms with van der Waals surface area (Å²) in [6.07, 6.45) is 1.50. The molecule has 0 aliphatic heterocycles. The van der Waals surface area contributed by atoms with E-state index in [-0.39, 0.29) is 23.5 Å². The minimum atomic E-state index is -4.04. The minimum absolute atomic E-state index is 0.0182. The Morgan fingerprint density at radius 3 is 2.70 bits per heavy atom. The second-order valence-corrected chi connectivity index (χ2v) is 7.50. The molecule has 9 heteroatoms. The Bertz CT molecular complexity index is 1040. The molecule has 1 aromatic carbocycles. The van der Waals surface area contributed by atoms with Crippen LogP contribution in [0.25, 0.3) is 11.2 Å². The van der Waals surface area contributed by atoms with Crippen molar-refractivity contribution in [3.05, 3.63) is 57.6 Å². The summed E-state index contributed by atoms with van der Waals surface area (Å²) in [7, 11) is -4.04. The SMILES string of the molecule is NCCn1c(=O)n(S(=O)(=O)c2cccc(Br)c2)c2cccnc21. The van der Waals surface area contributed by atoms with Gasteiger partial charge in [-0.15, -0.1) is 0 Å². The van der Waals surface area contributed by atoms with Crippen LogP contribution in [0.15, 0.2) is 56.8 Å². The van der Waals surface area contributed by atoms with Gasteiger partial charge in [0.25, 0.3) is 10.0 Å². The highest BCUT2D eigenvalue weighted by Gasteiger charge is 2.25. The number of benzene rings is 1. The van der Waals surface area contributed by atoms with E-state index < -0.39 is 15.7 Å². The normalized spacial score (nSPS) is 11.9. The molecule has 0 amide bonds. The van der Waals surface area contributed by atoms with E-state index in [2.05, 4.69) is 20.9 Å². The van der Waals surface area contributed by atoms with Crippen molar-refractivity contribution in [3.8, 4) is 0 Å². The maximum absolute atomic E-state index is 12.9. The summed E-state index contributed by atoms with van der Waals surface area (Å²) < 4.78 is 28.5. The van der Waals surface area contributed by atoms with E-state index >= 15 is 0 Å². The fraction of sp³-hybridized carbons (Fsp3) is 0.143. The number of halogens is 1. The van der Waals surface area contributed by atoms with E-state index in [0.717, 1.165) is 3.97 Å². The lowest BCUT2D eigenvalue weighted by molar-refractivity contribution is 0.583. The molecule has 0 bridgehead atoms. The van der Waals surface area contributed by atoms with E-state index in [1.54, 1.807) is 24.3 Å². The van der Waals surface area contributed by atoms with Gasteiger partial charge in [-0.1, -0.05) is 22.0 Å². The van der Waals surface area contributed by atoms with Crippen LogP contribution in [0.5, 0.6) is 0 Å². The Balaban J connectivity index is 2.36. The smallest absolute Gasteiger partial charge is 0.329 e.